The molecule has 0 bridgehead atoms. The van der Waals surface area contributed by atoms with Crippen LogP contribution in [0.15, 0.2) is 36.5 Å². The number of ether oxygens (including phenoxy) is 2. The second-order valence-corrected chi connectivity index (χ2v) is 5.62. The molecule has 0 radical (unpaired) electrons. The summed E-state index contributed by atoms with van der Waals surface area (Å²) in [4.78, 5) is 4.05. The van der Waals surface area contributed by atoms with Gasteiger partial charge in [0.25, 0.3) is 0 Å². The molecule has 1 aromatic carbocycles. The Kier molecular flexibility index (Phi) is 3.01. The number of nitrogen functional groups attached to an aromatic ring is 1. The van der Waals surface area contributed by atoms with Gasteiger partial charge in [0.2, 0.25) is 0 Å². The Bertz CT molecular complexity index is 638. The van der Waals surface area contributed by atoms with E-state index in [0.717, 1.165) is 23.5 Å². The number of hydrogen-bond donors (Lipinski definition) is 1. The zero-order valence-electron chi connectivity index (χ0n) is 11.7. The number of hydrogen-bond acceptors (Lipinski definition) is 4. The molecule has 4 nitrogen and oxygen atoms in total. The van der Waals surface area contributed by atoms with Gasteiger partial charge >= 0.3 is 0 Å². The van der Waals surface area contributed by atoms with Gasteiger partial charge in [0.1, 0.15) is 18.0 Å². The lowest BCUT2D eigenvalue weighted by Gasteiger charge is -2.18. The maximum absolute atomic E-state index is 5.97. The molecule has 4 heteroatoms. The summed E-state index contributed by atoms with van der Waals surface area (Å²) < 4.78 is 11.8. The predicted molar refractivity (Wildman–Crippen MR) is 77.8 cm³/mol. The van der Waals surface area contributed by atoms with Gasteiger partial charge in [-0.2, -0.15) is 0 Å². The molecule has 104 valence electrons. The zero-order valence-corrected chi connectivity index (χ0v) is 11.7. The Hall–Kier alpha value is -2.23. The van der Waals surface area contributed by atoms with Gasteiger partial charge in [0.05, 0.1) is 0 Å². The third-order valence-electron chi connectivity index (χ3n) is 3.36. The van der Waals surface area contributed by atoms with E-state index in [0.29, 0.717) is 12.4 Å². The molecule has 0 fully saturated rings. The average molecular weight is 270 g/mol. The van der Waals surface area contributed by atoms with Gasteiger partial charge in [-0.3, -0.25) is 0 Å². The van der Waals surface area contributed by atoms with Crippen molar-refractivity contribution in [3.63, 3.8) is 0 Å². The number of anilines is 1. The quantitative estimate of drug-likeness (QED) is 0.931. The van der Waals surface area contributed by atoms with E-state index in [2.05, 4.69) is 24.9 Å². The molecule has 0 saturated carbocycles. The van der Waals surface area contributed by atoms with Crippen molar-refractivity contribution in [2.45, 2.75) is 32.5 Å². The zero-order chi connectivity index (χ0) is 14.2. The minimum absolute atomic E-state index is 0.172. The first-order valence-electron chi connectivity index (χ1n) is 6.68. The van der Waals surface area contributed by atoms with Gasteiger partial charge in [-0.05, 0) is 26.0 Å². The number of aromatic nitrogens is 1. The smallest absolute Gasteiger partial charge is 0.165 e. The minimum atomic E-state index is -0.172. The van der Waals surface area contributed by atoms with Gasteiger partial charge in [-0.1, -0.05) is 18.2 Å². The fourth-order valence-corrected chi connectivity index (χ4v) is 2.43. The molecule has 0 atom stereocenters. The summed E-state index contributed by atoms with van der Waals surface area (Å²) >= 11 is 0. The van der Waals surface area contributed by atoms with E-state index in [4.69, 9.17) is 15.2 Å². The molecule has 2 heterocycles. The second-order valence-electron chi connectivity index (χ2n) is 5.62. The van der Waals surface area contributed by atoms with E-state index in [1.54, 1.807) is 6.20 Å². The highest BCUT2D eigenvalue weighted by atomic mass is 16.5. The summed E-state index contributed by atoms with van der Waals surface area (Å²) in [5, 5.41) is 0. The van der Waals surface area contributed by atoms with Crippen molar-refractivity contribution in [1.29, 1.82) is 0 Å². The SMILES string of the molecule is CC1(C)Cc2cccc(OCc3cccnc3N)c2O1. The minimum Gasteiger partial charge on any atom is -0.485 e. The Morgan fingerprint density at radius 1 is 1.30 bits per heavy atom. The van der Waals surface area contributed by atoms with E-state index >= 15 is 0 Å². The lowest BCUT2D eigenvalue weighted by molar-refractivity contribution is 0.131. The molecule has 3 rings (SSSR count). The monoisotopic (exact) mass is 270 g/mol. The Labute approximate surface area is 118 Å². The first-order chi connectivity index (χ1) is 9.55. The predicted octanol–water partition coefficient (Wildman–Crippen LogP) is 2.96. The number of nitrogens with two attached hydrogens (primary N) is 1. The van der Waals surface area contributed by atoms with Crippen LogP contribution in [0.4, 0.5) is 5.82 Å². The number of fused-ring (bicyclic) bond motifs is 1. The summed E-state index contributed by atoms with van der Waals surface area (Å²) in [7, 11) is 0. The lowest BCUT2D eigenvalue weighted by atomic mass is 10.0. The molecular formula is C16H18N2O2. The third kappa shape index (κ3) is 2.41. The number of pyridine rings is 1. The van der Waals surface area contributed by atoms with Crippen LogP contribution in [0.25, 0.3) is 0 Å². The van der Waals surface area contributed by atoms with Gasteiger partial charge in [-0.15, -0.1) is 0 Å². The fraction of sp³-hybridized carbons (Fsp3) is 0.312. The van der Waals surface area contributed by atoms with Gasteiger partial charge < -0.3 is 15.2 Å². The van der Waals surface area contributed by atoms with Crippen LogP contribution in [0.5, 0.6) is 11.5 Å². The van der Waals surface area contributed by atoms with E-state index in [-0.39, 0.29) is 5.60 Å². The molecule has 0 unspecified atom stereocenters. The molecule has 0 aliphatic carbocycles. The Morgan fingerprint density at radius 2 is 2.15 bits per heavy atom. The summed E-state index contributed by atoms with van der Waals surface area (Å²) in [5.74, 6) is 2.11. The molecule has 0 spiro atoms. The van der Waals surface area contributed by atoms with Crippen molar-refractivity contribution in [3.8, 4) is 11.5 Å². The number of nitrogens with zero attached hydrogens (tertiary/aromatic N) is 1. The lowest BCUT2D eigenvalue weighted by Crippen LogP contribution is -2.24. The molecular weight excluding hydrogens is 252 g/mol. The van der Waals surface area contributed by atoms with E-state index in [1.807, 2.05) is 24.3 Å². The third-order valence-corrected chi connectivity index (χ3v) is 3.36. The van der Waals surface area contributed by atoms with Crippen molar-refractivity contribution in [2.75, 3.05) is 5.73 Å². The highest BCUT2D eigenvalue weighted by molar-refractivity contribution is 5.50. The van der Waals surface area contributed by atoms with Crippen molar-refractivity contribution in [2.24, 2.45) is 0 Å². The Balaban J connectivity index is 1.80. The van der Waals surface area contributed by atoms with Gasteiger partial charge in [-0.25, -0.2) is 4.98 Å². The summed E-state index contributed by atoms with van der Waals surface area (Å²) in [6, 6.07) is 9.76. The summed E-state index contributed by atoms with van der Waals surface area (Å²) in [5.41, 5.74) is 7.71. The molecule has 0 saturated heterocycles. The molecule has 2 N–H and O–H groups in total. The van der Waals surface area contributed by atoms with Crippen LogP contribution >= 0.6 is 0 Å². The van der Waals surface area contributed by atoms with Crippen LogP contribution < -0.4 is 15.2 Å². The first-order valence-corrected chi connectivity index (χ1v) is 6.68. The van der Waals surface area contributed by atoms with Crippen molar-refractivity contribution in [1.82, 2.24) is 4.98 Å². The molecule has 1 aliphatic heterocycles. The molecule has 1 aliphatic rings. The maximum Gasteiger partial charge on any atom is 0.165 e. The first kappa shape index (κ1) is 12.8. The molecule has 2 aromatic rings. The summed E-state index contributed by atoms with van der Waals surface area (Å²) in [6.07, 6.45) is 2.57. The van der Waals surface area contributed by atoms with E-state index in [1.165, 1.54) is 5.56 Å². The molecule has 1 aromatic heterocycles. The highest BCUT2D eigenvalue weighted by Crippen LogP contribution is 2.41. The molecule has 20 heavy (non-hydrogen) atoms. The van der Waals surface area contributed by atoms with Crippen LogP contribution in [0.2, 0.25) is 0 Å². The highest BCUT2D eigenvalue weighted by Gasteiger charge is 2.32. The van der Waals surface area contributed by atoms with Crippen molar-refractivity contribution in [3.05, 3.63) is 47.7 Å². The van der Waals surface area contributed by atoms with Crippen LogP contribution in [-0.4, -0.2) is 10.6 Å². The van der Waals surface area contributed by atoms with E-state index < -0.39 is 0 Å². The maximum atomic E-state index is 5.97. The summed E-state index contributed by atoms with van der Waals surface area (Å²) in [6.45, 7) is 4.55. The number of para-hydroxylation sites is 1. The van der Waals surface area contributed by atoms with Crippen LogP contribution in [0.3, 0.4) is 0 Å². The number of benzene rings is 1. The average Bonchev–Trinajstić information content (AvgIpc) is 2.72. The normalized spacial score (nSPS) is 15.5. The number of rotatable bonds is 3. The van der Waals surface area contributed by atoms with E-state index in [9.17, 15) is 0 Å². The van der Waals surface area contributed by atoms with Crippen molar-refractivity contribution < 1.29 is 9.47 Å². The van der Waals surface area contributed by atoms with Gasteiger partial charge in [0, 0.05) is 23.7 Å². The second kappa shape index (κ2) is 4.71. The van der Waals surface area contributed by atoms with Crippen LogP contribution in [0, 0.1) is 0 Å². The van der Waals surface area contributed by atoms with Crippen LogP contribution in [0.1, 0.15) is 25.0 Å². The van der Waals surface area contributed by atoms with Crippen LogP contribution in [-0.2, 0) is 13.0 Å². The topological polar surface area (TPSA) is 57.4 Å². The largest absolute Gasteiger partial charge is 0.485 e. The molecule has 0 amide bonds. The fourth-order valence-electron chi connectivity index (χ4n) is 2.43. The van der Waals surface area contributed by atoms with Crippen molar-refractivity contribution >= 4 is 5.82 Å². The Morgan fingerprint density at radius 3 is 2.95 bits per heavy atom. The van der Waals surface area contributed by atoms with Gasteiger partial charge in [0.15, 0.2) is 11.5 Å². The standard InChI is InChI=1S/C16H18N2O2/c1-16(2)9-11-5-3-7-13(14(11)20-16)19-10-12-6-4-8-18-15(12)17/h3-8H,9-10H2,1-2H3,(H2,17,18).